The molecule has 5 heteroatoms. The molecule has 2 aromatic carbocycles. The maximum absolute atomic E-state index is 13.5. The molecule has 0 aliphatic carbocycles. The van der Waals surface area contributed by atoms with Crippen LogP contribution >= 0.6 is 0 Å². The largest absolute Gasteiger partial charge is 0.293 e. The van der Waals surface area contributed by atoms with Crippen molar-refractivity contribution < 1.29 is 18.8 Å². The van der Waals surface area contributed by atoms with Gasteiger partial charge < -0.3 is 0 Å². The lowest BCUT2D eigenvalue weighted by molar-refractivity contribution is -0.114. The minimum Gasteiger partial charge on any atom is -0.293 e. The van der Waals surface area contributed by atoms with Crippen molar-refractivity contribution in [1.82, 2.24) is 4.90 Å². The van der Waals surface area contributed by atoms with Crippen molar-refractivity contribution in [3.05, 3.63) is 77.1 Å². The van der Waals surface area contributed by atoms with E-state index in [1.54, 1.807) is 36.4 Å². The summed E-state index contributed by atoms with van der Waals surface area (Å²) in [5.41, 5.74) is 0.856. The van der Waals surface area contributed by atoms with Crippen molar-refractivity contribution in [3.63, 3.8) is 0 Å². The average molecular weight is 309 g/mol. The van der Waals surface area contributed by atoms with E-state index in [1.165, 1.54) is 24.3 Å². The molecule has 2 amide bonds. The number of carbonyl (C=O) groups is 3. The second kappa shape index (κ2) is 5.96. The Balaban J connectivity index is 1.74. The zero-order valence-corrected chi connectivity index (χ0v) is 12.0. The highest BCUT2D eigenvalue weighted by molar-refractivity contribution is 6.22. The lowest BCUT2D eigenvalue weighted by Gasteiger charge is -2.11. The Labute approximate surface area is 131 Å². The maximum atomic E-state index is 13.5. The van der Waals surface area contributed by atoms with E-state index in [-0.39, 0.29) is 12.1 Å². The van der Waals surface area contributed by atoms with Gasteiger partial charge >= 0.3 is 0 Å². The third-order valence-corrected chi connectivity index (χ3v) is 3.55. The van der Waals surface area contributed by atoms with Gasteiger partial charge in [0.25, 0.3) is 11.8 Å². The van der Waals surface area contributed by atoms with Gasteiger partial charge in [-0.15, -0.1) is 0 Å². The maximum Gasteiger partial charge on any atom is 0.261 e. The van der Waals surface area contributed by atoms with Crippen LogP contribution in [0.4, 0.5) is 4.39 Å². The van der Waals surface area contributed by atoms with Gasteiger partial charge in [0.2, 0.25) is 0 Å². The van der Waals surface area contributed by atoms with Crippen molar-refractivity contribution in [2.75, 3.05) is 6.54 Å². The number of hydrogen-bond donors (Lipinski definition) is 0. The number of imide groups is 1. The number of ketones is 1. The molecule has 3 rings (SSSR count). The summed E-state index contributed by atoms with van der Waals surface area (Å²) < 4.78 is 13.5. The molecule has 1 aliphatic rings. The van der Waals surface area contributed by atoms with E-state index in [9.17, 15) is 18.8 Å². The van der Waals surface area contributed by atoms with E-state index in [0.29, 0.717) is 11.1 Å². The first kappa shape index (κ1) is 14.8. The number of fused-ring (bicyclic) bond motifs is 1. The molecule has 0 saturated carbocycles. The van der Waals surface area contributed by atoms with Crippen LogP contribution in [0.5, 0.6) is 0 Å². The van der Waals surface area contributed by atoms with Gasteiger partial charge in [-0.25, -0.2) is 4.39 Å². The topological polar surface area (TPSA) is 54.5 Å². The molecule has 0 saturated heterocycles. The van der Waals surface area contributed by atoms with E-state index >= 15 is 0 Å². The summed E-state index contributed by atoms with van der Waals surface area (Å²) in [5, 5.41) is 0. The first-order chi connectivity index (χ1) is 11.1. The van der Waals surface area contributed by atoms with Crippen LogP contribution in [0.1, 0.15) is 26.3 Å². The molecule has 0 spiro atoms. The van der Waals surface area contributed by atoms with Crippen molar-refractivity contribution >= 4 is 23.7 Å². The molecule has 23 heavy (non-hydrogen) atoms. The van der Waals surface area contributed by atoms with Crippen LogP contribution in [0, 0.1) is 5.82 Å². The number of rotatable bonds is 4. The van der Waals surface area contributed by atoms with Gasteiger partial charge in [-0.05, 0) is 30.4 Å². The average Bonchev–Trinajstić information content (AvgIpc) is 2.80. The Hall–Kier alpha value is -3.08. The molecule has 1 heterocycles. The van der Waals surface area contributed by atoms with Gasteiger partial charge in [-0.3, -0.25) is 19.3 Å². The summed E-state index contributed by atoms with van der Waals surface area (Å²) in [6, 6.07) is 12.4. The van der Waals surface area contributed by atoms with Crippen LogP contribution in [0.3, 0.4) is 0 Å². The van der Waals surface area contributed by atoms with Crippen molar-refractivity contribution in [3.8, 4) is 0 Å². The van der Waals surface area contributed by atoms with Crippen LogP contribution in [-0.4, -0.2) is 29.0 Å². The highest BCUT2D eigenvalue weighted by Crippen LogP contribution is 2.22. The van der Waals surface area contributed by atoms with E-state index in [1.807, 2.05) is 0 Å². The van der Waals surface area contributed by atoms with Gasteiger partial charge in [0, 0.05) is 5.56 Å². The quantitative estimate of drug-likeness (QED) is 0.644. The molecule has 0 fully saturated rings. The number of halogens is 1. The minimum absolute atomic E-state index is 0.267. The lowest BCUT2D eigenvalue weighted by atomic mass is 10.1. The number of amides is 2. The minimum atomic E-state index is -0.488. The van der Waals surface area contributed by atoms with E-state index in [2.05, 4.69) is 0 Å². The van der Waals surface area contributed by atoms with E-state index in [0.717, 1.165) is 4.90 Å². The second-order valence-electron chi connectivity index (χ2n) is 5.06. The Bertz CT molecular complexity index is 807. The summed E-state index contributed by atoms with van der Waals surface area (Å²) in [4.78, 5) is 37.2. The Kier molecular flexibility index (Phi) is 3.85. The number of carbonyl (C=O) groups excluding carboxylic acids is 3. The summed E-state index contributed by atoms with van der Waals surface area (Å²) >= 11 is 0. The number of benzene rings is 2. The fourth-order valence-electron chi connectivity index (χ4n) is 2.38. The zero-order valence-electron chi connectivity index (χ0n) is 12.0. The molecular formula is C18H12FNO3. The summed E-state index contributed by atoms with van der Waals surface area (Å²) in [6.45, 7) is -0.364. The molecule has 0 unspecified atom stereocenters. The number of nitrogens with zero attached hydrogens (tertiary/aromatic N) is 1. The van der Waals surface area contributed by atoms with Crippen molar-refractivity contribution in [1.29, 1.82) is 0 Å². The van der Waals surface area contributed by atoms with Gasteiger partial charge in [-0.2, -0.15) is 0 Å². The molecule has 0 N–H and O–H groups in total. The third kappa shape index (κ3) is 2.81. The van der Waals surface area contributed by atoms with Crippen LogP contribution in [0.25, 0.3) is 6.08 Å². The summed E-state index contributed by atoms with van der Waals surface area (Å²) in [7, 11) is 0. The highest BCUT2D eigenvalue weighted by Gasteiger charge is 2.35. The predicted molar refractivity (Wildman–Crippen MR) is 82.3 cm³/mol. The Morgan fingerprint density at radius 3 is 2.13 bits per heavy atom. The summed E-state index contributed by atoms with van der Waals surface area (Å²) in [6.07, 6.45) is 2.50. The van der Waals surface area contributed by atoms with Gasteiger partial charge in [0.05, 0.1) is 17.7 Å². The van der Waals surface area contributed by atoms with E-state index < -0.39 is 23.4 Å². The lowest BCUT2D eigenvalue weighted by Crippen LogP contribution is -2.34. The standard InChI is InChI=1S/C18H12FNO3/c19-16-8-4-1-5-12(16)9-10-13(21)11-20-17(22)14-6-2-3-7-15(14)18(20)23/h1-10H,11H2. The Morgan fingerprint density at radius 2 is 1.52 bits per heavy atom. The smallest absolute Gasteiger partial charge is 0.261 e. The molecule has 0 atom stereocenters. The molecule has 1 aliphatic heterocycles. The van der Waals surface area contributed by atoms with Crippen LogP contribution in [0.2, 0.25) is 0 Å². The monoisotopic (exact) mass is 309 g/mol. The van der Waals surface area contributed by atoms with Crippen molar-refractivity contribution in [2.45, 2.75) is 0 Å². The molecule has 0 radical (unpaired) electrons. The van der Waals surface area contributed by atoms with Crippen molar-refractivity contribution in [2.24, 2.45) is 0 Å². The second-order valence-corrected chi connectivity index (χ2v) is 5.06. The fraction of sp³-hybridized carbons (Fsp3) is 0.0556. The molecule has 0 bridgehead atoms. The highest BCUT2D eigenvalue weighted by atomic mass is 19.1. The first-order valence-electron chi connectivity index (χ1n) is 6.98. The number of hydrogen-bond acceptors (Lipinski definition) is 3. The van der Waals surface area contributed by atoms with Gasteiger partial charge in [0.1, 0.15) is 5.82 Å². The zero-order chi connectivity index (χ0) is 16.4. The molecular weight excluding hydrogens is 297 g/mol. The Morgan fingerprint density at radius 1 is 0.957 bits per heavy atom. The van der Waals surface area contributed by atoms with Crippen LogP contribution in [0.15, 0.2) is 54.6 Å². The van der Waals surface area contributed by atoms with Gasteiger partial charge in [-0.1, -0.05) is 30.3 Å². The first-order valence-corrected chi connectivity index (χ1v) is 6.98. The predicted octanol–water partition coefficient (Wildman–Crippen LogP) is 2.70. The van der Waals surface area contributed by atoms with E-state index in [4.69, 9.17) is 0 Å². The summed E-state index contributed by atoms with van der Waals surface area (Å²) in [5.74, 6) is -1.88. The van der Waals surface area contributed by atoms with Crippen LogP contribution in [-0.2, 0) is 4.79 Å². The third-order valence-electron chi connectivity index (χ3n) is 3.55. The normalized spacial score (nSPS) is 13.7. The SMILES string of the molecule is O=C(C=Cc1ccccc1F)CN1C(=O)c2ccccc2C1=O. The molecule has 114 valence electrons. The van der Waals surface area contributed by atoms with Crippen LogP contribution < -0.4 is 0 Å². The molecule has 2 aromatic rings. The molecule has 0 aromatic heterocycles. The van der Waals surface area contributed by atoms with Gasteiger partial charge in [0.15, 0.2) is 5.78 Å². The molecule has 4 nitrogen and oxygen atoms in total. The fourth-order valence-corrected chi connectivity index (χ4v) is 2.38.